The molecule has 0 atom stereocenters. The predicted molar refractivity (Wildman–Crippen MR) is 120 cm³/mol. The Labute approximate surface area is 174 Å². The number of nitriles is 1. The molecule has 0 amide bonds. The third-order valence-electron chi connectivity index (χ3n) is 3.91. The van der Waals surface area contributed by atoms with Gasteiger partial charge in [-0.1, -0.05) is 24.8 Å². The first-order valence-electron chi connectivity index (χ1n) is 8.13. The van der Waals surface area contributed by atoms with E-state index in [1.165, 1.54) is 4.88 Å². The van der Waals surface area contributed by atoms with Crippen LogP contribution in [0.3, 0.4) is 0 Å². The highest BCUT2D eigenvalue weighted by Crippen LogP contribution is 2.38. The Morgan fingerprint density at radius 2 is 1.74 bits per heavy atom. The van der Waals surface area contributed by atoms with Crippen molar-refractivity contribution in [3.05, 3.63) is 75.6 Å². The molecule has 0 N–H and O–H groups in total. The smallest absolute Gasteiger partial charge is 0.116 e. The number of aromatic nitrogens is 1. The molecular weight excluding hydrogens is 409 g/mol. The van der Waals surface area contributed by atoms with Crippen LogP contribution >= 0.6 is 45.8 Å². The van der Waals surface area contributed by atoms with Gasteiger partial charge in [0, 0.05) is 21.1 Å². The average Bonchev–Trinajstić information content (AvgIpc) is 3.46. The van der Waals surface area contributed by atoms with Crippen molar-refractivity contribution < 1.29 is 0 Å². The molecule has 4 rings (SSSR count). The molecule has 4 aromatic heterocycles. The summed E-state index contributed by atoms with van der Waals surface area (Å²) in [5.41, 5.74) is 3.56. The lowest BCUT2D eigenvalue weighted by molar-refractivity contribution is 1.13. The lowest BCUT2D eigenvalue weighted by Crippen LogP contribution is -1.95. The van der Waals surface area contributed by atoms with Gasteiger partial charge in [0.15, 0.2) is 0 Å². The second kappa shape index (κ2) is 8.24. The third-order valence-corrected chi connectivity index (χ3v) is 7.74. The van der Waals surface area contributed by atoms with Crippen LogP contribution in [0.5, 0.6) is 0 Å². The zero-order chi connectivity index (χ0) is 18.6. The van der Waals surface area contributed by atoms with Gasteiger partial charge in [-0.2, -0.15) is 5.26 Å². The van der Waals surface area contributed by atoms with Gasteiger partial charge in [-0.25, -0.2) is 4.98 Å². The van der Waals surface area contributed by atoms with Gasteiger partial charge >= 0.3 is 0 Å². The van der Waals surface area contributed by atoms with E-state index in [9.17, 15) is 5.26 Å². The molecule has 4 aromatic rings. The second-order valence-electron chi connectivity index (χ2n) is 5.67. The van der Waals surface area contributed by atoms with Gasteiger partial charge in [-0.05, 0) is 46.0 Å². The molecule has 4 heterocycles. The molecule has 0 aromatic carbocycles. The normalized spacial score (nSPS) is 10.6. The van der Waals surface area contributed by atoms with Crippen LogP contribution in [0.25, 0.3) is 26.6 Å². The zero-order valence-electron chi connectivity index (χ0n) is 14.2. The fourth-order valence-electron chi connectivity index (χ4n) is 2.62. The van der Waals surface area contributed by atoms with Crippen LogP contribution < -0.4 is 0 Å². The predicted octanol–water partition coefficient (Wildman–Crippen LogP) is 7.28. The Kier molecular flexibility index (Phi) is 5.55. The van der Waals surface area contributed by atoms with Crippen molar-refractivity contribution in [3.8, 4) is 27.1 Å². The van der Waals surface area contributed by atoms with Gasteiger partial charge in [0.25, 0.3) is 0 Å². The van der Waals surface area contributed by atoms with E-state index in [1.54, 1.807) is 45.8 Å². The van der Waals surface area contributed by atoms with Crippen molar-refractivity contribution in [2.75, 3.05) is 5.75 Å². The summed E-state index contributed by atoms with van der Waals surface area (Å²) in [6.45, 7) is 4.20. The molecular formula is C21H14N2S4. The van der Waals surface area contributed by atoms with Crippen LogP contribution in [0, 0.1) is 11.3 Å². The number of pyridine rings is 1. The Hall–Kier alpha value is -2.17. The summed E-state index contributed by atoms with van der Waals surface area (Å²) in [6.07, 6.45) is 0. The molecule has 0 unspecified atom stereocenters. The first-order chi connectivity index (χ1) is 13.3. The summed E-state index contributed by atoms with van der Waals surface area (Å²) in [5, 5.41) is 16.8. The molecule has 0 aliphatic rings. The van der Waals surface area contributed by atoms with Crippen LogP contribution in [0.1, 0.15) is 10.4 Å². The molecule has 6 heteroatoms. The summed E-state index contributed by atoms with van der Waals surface area (Å²) in [7, 11) is 0. The fraction of sp³-hybridized carbons (Fsp3) is 0.0476. The number of rotatable bonds is 6. The Morgan fingerprint density at radius 1 is 1.04 bits per heavy atom. The minimum atomic E-state index is 0.640. The van der Waals surface area contributed by atoms with E-state index in [0.29, 0.717) is 11.3 Å². The molecule has 0 aliphatic heterocycles. The zero-order valence-corrected chi connectivity index (χ0v) is 17.5. The van der Waals surface area contributed by atoms with Gasteiger partial charge < -0.3 is 0 Å². The minimum absolute atomic E-state index is 0.640. The van der Waals surface area contributed by atoms with Crippen LogP contribution in [0.15, 0.2) is 70.2 Å². The van der Waals surface area contributed by atoms with E-state index < -0.39 is 0 Å². The summed E-state index contributed by atoms with van der Waals surface area (Å²) in [4.78, 5) is 8.20. The van der Waals surface area contributed by atoms with Crippen LogP contribution in [-0.2, 0) is 0 Å². The Morgan fingerprint density at radius 3 is 2.37 bits per heavy atom. The van der Waals surface area contributed by atoms with Crippen molar-refractivity contribution in [2.45, 2.75) is 5.03 Å². The SMILES string of the molecule is C=C(CSc1nc(-c2cccs2)cc(-c2cccs2)c1C#N)c1cccs1. The number of hydrogen-bond acceptors (Lipinski definition) is 6. The Balaban J connectivity index is 1.75. The highest BCUT2D eigenvalue weighted by molar-refractivity contribution is 7.99. The highest BCUT2D eigenvalue weighted by Gasteiger charge is 2.17. The topological polar surface area (TPSA) is 36.7 Å². The number of thioether (sulfide) groups is 1. The molecule has 0 saturated heterocycles. The molecule has 0 radical (unpaired) electrons. The monoisotopic (exact) mass is 422 g/mol. The summed E-state index contributed by atoms with van der Waals surface area (Å²) < 4.78 is 0. The number of hydrogen-bond donors (Lipinski definition) is 0. The van der Waals surface area contributed by atoms with Crippen LogP contribution in [0.4, 0.5) is 0 Å². The molecule has 2 nitrogen and oxygen atoms in total. The fourth-order valence-corrected chi connectivity index (χ4v) is 5.77. The third kappa shape index (κ3) is 3.92. The summed E-state index contributed by atoms with van der Waals surface area (Å²) >= 11 is 6.57. The van der Waals surface area contributed by atoms with Gasteiger partial charge in [-0.3, -0.25) is 0 Å². The molecule has 0 fully saturated rings. The molecule has 27 heavy (non-hydrogen) atoms. The van der Waals surface area contributed by atoms with E-state index in [0.717, 1.165) is 31.6 Å². The number of thiophene rings is 3. The first-order valence-corrected chi connectivity index (χ1v) is 11.8. The van der Waals surface area contributed by atoms with Gasteiger partial charge in [0.2, 0.25) is 0 Å². The van der Waals surface area contributed by atoms with Gasteiger partial charge in [-0.15, -0.1) is 45.8 Å². The van der Waals surface area contributed by atoms with Crippen LogP contribution in [0.2, 0.25) is 0 Å². The highest BCUT2D eigenvalue weighted by atomic mass is 32.2. The molecule has 0 spiro atoms. The summed E-state index contributed by atoms with van der Waals surface area (Å²) in [6, 6.07) is 16.7. The standard InChI is InChI=1S/C21H14N2S4/c1-14(18-5-2-8-24-18)13-27-21-16(12-22)15(19-6-3-9-25-19)11-17(23-21)20-7-4-10-26-20/h2-11H,1,13H2. The molecule has 0 bridgehead atoms. The van der Waals surface area contributed by atoms with E-state index in [4.69, 9.17) is 4.98 Å². The van der Waals surface area contributed by atoms with Crippen molar-refractivity contribution in [1.82, 2.24) is 4.98 Å². The van der Waals surface area contributed by atoms with E-state index in [-0.39, 0.29) is 0 Å². The van der Waals surface area contributed by atoms with Gasteiger partial charge in [0.05, 0.1) is 16.1 Å². The van der Waals surface area contributed by atoms with Crippen LogP contribution in [-0.4, -0.2) is 10.7 Å². The molecule has 132 valence electrons. The molecule has 0 aliphatic carbocycles. The van der Waals surface area contributed by atoms with Crippen molar-refractivity contribution in [1.29, 1.82) is 5.26 Å². The average molecular weight is 423 g/mol. The maximum absolute atomic E-state index is 9.85. The lowest BCUT2D eigenvalue weighted by atomic mass is 10.1. The molecule has 0 saturated carbocycles. The quantitative estimate of drug-likeness (QED) is 0.306. The maximum Gasteiger partial charge on any atom is 0.116 e. The first kappa shape index (κ1) is 18.2. The Bertz CT molecular complexity index is 1090. The van der Waals surface area contributed by atoms with Crippen molar-refractivity contribution >= 4 is 51.3 Å². The number of nitrogens with zero attached hydrogens (tertiary/aromatic N) is 2. The van der Waals surface area contributed by atoms with E-state index >= 15 is 0 Å². The minimum Gasteiger partial charge on any atom is -0.239 e. The maximum atomic E-state index is 9.85. The lowest BCUT2D eigenvalue weighted by Gasteiger charge is -2.11. The summed E-state index contributed by atoms with van der Waals surface area (Å²) in [5.74, 6) is 0.708. The van der Waals surface area contributed by atoms with Crippen molar-refractivity contribution in [3.63, 3.8) is 0 Å². The second-order valence-corrected chi connectivity index (χ2v) is 9.48. The van der Waals surface area contributed by atoms with Gasteiger partial charge in [0.1, 0.15) is 11.1 Å². The largest absolute Gasteiger partial charge is 0.239 e. The van der Waals surface area contributed by atoms with E-state index in [2.05, 4.69) is 36.2 Å². The van der Waals surface area contributed by atoms with E-state index in [1.807, 2.05) is 35.0 Å². The van der Waals surface area contributed by atoms with Crippen molar-refractivity contribution in [2.24, 2.45) is 0 Å².